The molecule has 0 saturated carbocycles. The van der Waals surface area contributed by atoms with Crippen molar-refractivity contribution in [2.45, 2.75) is 367 Å². The van der Waals surface area contributed by atoms with Crippen molar-refractivity contribution in [3.8, 4) is 0 Å². The van der Waals surface area contributed by atoms with Crippen LogP contribution in [0.15, 0.2) is 60.8 Å². The standard InChI is InChI=1S/C75H141N2O7P/c1-7-10-13-16-19-22-25-27-29-31-33-35-37-38-40-42-44-46-48-50-53-56-59-62-65-68-75(79)84-73(66-63-60-57-54-51-24-21-18-15-12-9-3)72(71-83-85(80,81)82-70-69-77(4,5)6)76-74(78)67-64-61-58-55-52-49-47-45-43-41-39-36-34-32-30-28-26-23-20-17-14-11-8-2/h19,22,27,29,33,35,38,40,63,66,72-73H,7-18,20-21,23-26,28,30-32,34,36-37,39,41-62,64-65,67-71H2,1-6H3,(H-,76,78,80,81)/b22-19-,29-27-,35-33-,40-38-,66-63+. The van der Waals surface area contributed by atoms with Gasteiger partial charge in [0.2, 0.25) is 5.91 Å². The molecule has 498 valence electrons. The minimum absolute atomic E-state index is 0.0226. The summed E-state index contributed by atoms with van der Waals surface area (Å²) in [7, 11) is 1.19. The normalized spacial score (nSPS) is 13.8. The van der Waals surface area contributed by atoms with Crippen LogP contribution in [0, 0.1) is 0 Å². The van der Waals surface area contributed by atoms with Crippen molar-refractivity contribution in [1.29, 1.82) is 0 Å². The number of amides is 1. The third-order valence-electron chi connectivity index (χ3n) is 16.5. The Hall–Kier alpha value is -2.29. The van der Waals surface area contributed by atoms with Crippen molar-refractivity contribution in [2.75, 3.05) is 40.9 Å². The molecule has 0 rings (SSSR count). The highest BCUT2D eigenvalue weighted by molar-refractivity contribution is 7.45. The number of quaternary nitrogens is 1. The molecule has 0 saturated heterocycles. The van der Waals surface area contributed by atoms with E-state index in [1.165, 1.54) is 231 Å². The number of carbonyl (C=O) groups excluding carboxylic acids is 2. The molecule has 3 atom stereocenters. The first-order chi connectivity index (χ1) is 41.4. The van der Waals surface area contributed by atoms with E-state index in [1.807, 2.05) is 33.3 Å². The van der Waals surface area contributed by atoms with Crippen molar-refractivity contribution < 1.29 is 37.3 Å². The van der Waals surface area contributed by atoms with E-state index in [4.69, 9.17) is 13.8 Å². The van der Waals surface area contributed by atoms with Crippen molar-refractivity contribution >= 4 is 19.7 Å². The minimum atomic E-state index is -4.70. The molecule has 1 amide bonds. The zero-order chi connectivity index (χ0) is 62.1. The molecule has 0 spiro atoms. The largest absolute Gasteiger partial charge is 0.756 e. The molecule has 9 nitrogen and oxygen atoms in total. The molecule has 0 aromatic heterocycles. The summed E-state index contributed by atoms with van der Waals surface area (Å²) in [4.78, 5) is 40.2. The van der Waals surface area contributed by atoms with Gasteiger partial charge in [-0.1, -0.05) is 326 Å². The van der Waals surface area contributed by atoms with E-state index in [-0.39, 0.29) is 31.5 Å². The average Bonchev–Trinajstić information content (AvgIpc) is 3.58. The molecule has 0 aliphatic heterocycles. The van der Waals surface area contributed by atoms with E-state index in [0.717, 1.165) is 89.9 Å². The second kappa shape index (κ2) is 64.7. The maximum absolute atomic E-state index is 13.6. The van der Waals surface area contributed by atoms with Gasteiger partial charge in [0, 0.05) is 12.8 Å². The van der Waals surface area contributed by atoms with Crippen LogP contribution in [0.25, 0.3) is 0 Å². The number of unbranched alkanes of at least 4 members (excludes halogenated alkanes) is 43. The molecular weight excluding hydrogens is 1070 g/mol. The Labute approximate surface area is 528 Å². The lowest BCUT2D eigenvalue weighted by atomic mass is 10.0. The van der Waals surface area contributed by atoms with Crippen LogP contribution in [0.3, 0.4) is 0 Å². The minimum Gasteiger partial charge on any atom is -0.756 e. The second-order valence-electron chi connectivity index (χ2n) is 26.1. The first-order valence-electron chi connectivity index (χ1n) is 36.6. The average molecular weight is 1210 g/mol. The van der Waals surface area contributed by atoms with Gasteiger partial charge >= 0.3 is 5.97 Å². The smallest absolute Gasteiger partial charge is 0.306 e. The van der Waals surface area contributed by atoms with Crippen molar-refractivity contribution in [3.63, 3.8) is 0 Å². The van der Waals surface area contributed by atoms with Gasteiger partial charge in [-0.2, -0.15) is 0 Å². The fourth-order valence-electron chi connectivity index (χ4n) is 10.8. The fraction of sp³-hybridized carbons (Fsp3) is 0.840. The number of rotatable bonds is 67. The predicted molar refractivity (Wildman–Crippen MR) is 367 cm³/mol. The summed E-state index contributed by atoms with van der Waals surface area (Å²) in [5.41, 5.74) is 0. The third-order valence-corrected chi connectivity index (χ3v) is 17.4. The van der Waals surface area contributed by atoms with Gasteiger partial charge in [0.1, 0.15) is 19.3 Å². The number of likely N-dealkylation sites (N-methyl/N-ethyl adjacent to an activating group) is 1. The zero-order valence-corrected chi connectivity index (χ0v) is 58.0. The summed E-state index contributed by atoms with van der Waals surface area (Å²) in [5.74, 6) is -0.533. The quantitative estimate of drug-likeness (QED) is 0.0212. The summed E-state index contributed by atoms with van der Waals surface area (Å²) in [6, 6.07) is -0.891. The number of phosphoric acid groups is 1. The fourth-order valence-corrected chi connectivity index (χ4v) is 11.5. The summed E-state index contributed by atoms with van der Waals surface area (Å²) in [5, 5.41) is 3.05. The summed E-state index contributed by atoms with van der Waals surface area (Å²) in [6.07, 6.45) is 83.5. The third kappa shape index (κ3) is 66.0. The number of nitrogens with zero attached hydrogens (tertiary/aromatic N) is 1. The Morgan fingerprint density at radius 2 is 0.718 bits per heavy atom. The van der Waals surface area contributed by atoms with Crippen molar-refractivity contribution in [3.05, 3.63) is 60.8 Å². The highest BCUT2D eigenvalue weighted by Crippen LogP contribution is 2.38. The highest BCUT2D eigenvalue weighted by atomic mass is 31.2. The van der Waals surface area contributed by atoms with Crippen LogP contribution in [0.4, 0.5) is 0 Å². The van der Waals surface area contributed by atoms with Crippen LogP contribution in [-0.2, 0) is 27.9 Å². The topological polar surface area (TPSA) is 114 Å². The maximum atomic E-state index is 13.6. The van der Waals surface area contributed by atoms with E-state index in [0.29, 0.717) is 17.4 Å². The van der Waals surface area contributed by atoms with Crippen LogP contribution in [0.5, 0.6) is 0 Å². The number of hydrogen-bond acceptors (Lipinski definition) is 7. The van der Waals surface area contributed by atoms with Crippen LogP contribution < -0.4 is 10.2 Å². The first-order valence-corrected chi connectivity index (χ1v) is 38.1. The number of hydrogen-bond donors (Lipinski definition) is 1. The monoisotopic (exact) mass is 1210 g/mol. The molecule has 0 aromatic rings. The summed E-state index contributed by atoms with van der Waals surface area (Å²) < 4.78 is 30.5. The predicted octanol–water partition coefficient (Wildman–Crippen LogP) is 22.7. The Balaban J connectivity index is 4.99. The molecular formula is C75H141N2O7P. The van der Waals surface area contributed by atoms with Crippen molar-refractivity contribution in [1.82, 2.24) is 5.32 Å². The molecule has 0 fully saturated rings. The molecule has 1 N–H and O–H groups in total. The molecule has 0 aliphatic carbocycles. The number of nitrogens with one attached hydrogen (secondary N) is 1. The van der Waals surface area contributed by atoms with Gasteiger partial charge in [-0.25, -0.2) is 0 Å². The van der Waals surface area contributed by atoms with E-state index < -0.39 is 20.0 Å². The van der Waals surface area contributed by atoms with Gasteiger partial charge in [0.25, 0.3) is 7.82 Å². The summed E-state index contributed by atoms with van der Waals surface area (Å²) in [6.45, 7) is 6.86. The molecule has 0 heterocycles. The van der Waals surface area contributed by atoms with Gasteiger partial charge in [0.05, 0.1) is 33.8 Å². The van der Waals surface area contributed by atoms with Gasteiger partial charge in [-0.3, -0.25) is 14.2 Å². The van der Waals surface area contributed by atoms with E-state index in [2.05, 4.69) is 74.7 Å². The number of allylic oxidation sites excluding steroid dienone is 9. The molecule has 0 aromatic carbocycles. The van der Waals surface area contributed by atoms with Crippen LogP contribution >= 0.6 is 7.82 Å². The Kier molecular flexibility index (Phi) is 62.9. The molecule has 0 bridgehead atoms. The van der Waals surface area contributed by atoms with Gasteiger partial charge in [-0.15, -0.1) is 0 Å². The lowest BCUT2D eigenvalue weighted by Crippen LogP contribution is -2.47. The Morgan fingerprint density at radius 3 is 1.09 bits per heavy atom. The first kappa shape index (κ1) is 82.7. The van der Waals surface area contributed by atoms with Crippen LogP contribution in [-0.4, -0.2) is 69.4 Å². The van der Waals surface area contributed by atoms with E-state index in [1.54, 1.807) is 0 Å². The number of ether oxygens (including phenoxy) is 1. The molecule has 0 aliphatic rings. The molecule has 85 heavy (non-hydrogen) atoms. The van der Waals surface area contributed by atoms with Crippen molar-refractivity contribution in [2.24, 2.45) is 0 Å². The number of carbonyl (C=O) groups is 2. The number of phosphoric ester groups is 1. The zero-order valence-electron chi connectivity index (χ0n) is 57.1. The van der Waals surface area contributed by atoms with E-state index in [9.17, 15) is 19.0 Å². The molecule has 10 heteroatoms. The Morgan fingerprint density at radius 1 is 0.412 bits per heavy atom. The second-order valence-corrected chi connectivity index (χ2v) is 27.5. The van der Waals surface area contributed by atoms with E-state index >= 15 is 0 Å². The van der Waals surface area contributed by atoms with Gasteiger partial charge in [-0.05, 0) is 76.7 Å². The van der Waals surface area contributed by atoms with Crippen LogP contribution in [0.2, 0.25) is 0 Å². The lowest BCUT2D eigenvalue weighted by Gasteiger charge is -2.30. The summed E-state index contributed by atoms with van der Waals surface area (Å²) >= 11 is 0. The number of esters is 1. The molecule has 3 unspecified atom stereocenters. The lowest BCUT2D eigenvalue weighted by molar-refractivity contribution is -0.870. The van der Waals surface area contributed by atoms with Crippen LogP contribution in [0.1, 0.15) is 355 Å². The Bertz CT molecular complexity index is 1640. The van der Waals surface area contributed by atoms with Gasteiger partial charge in [0.15, 0.2) is 0 Å². The molecule has 0 radical (unpaired) electrons. The highest BCUT2D eigenvalue weighted by Gasteiger charge is 2.27. The SMILES string of the molecule is CCCCC/C=C\C/C=C\C/C=C\C/C=C\CCCCCCCCCCCC(=O)OC(/C=C/CCCCCCCCCCC)C(COP(=O)([O-])OCC[N+](C)(C)C)NC(=O)CCCCCCCCCCCCCCCCCCCCCCCCC. The maximum Gasteiger partial charge on any atom is 0.306 e. The van der Waals surface area contributed by atoms with Gasteiger partial charge < -0.3 is 28.5 Å².